The van der Waals surface area contributed by atoms with Crippen LogP contribution in [0.4, 0.5) is 10.5 Å². The van der Waals surface area contributed by atoms with E-state index in [1.165, 1.54) is 0 Å². The van der Waals surface area contributed by atoms with Crippen LogP contribution in [0.2, 0.25) is 0 Å². The molecule has 7 nitrogen and oxygen atoms in total. The number of amides is 3. The molecule has 3 amide bonds. The molecule has 1 saturated heterocycles. The first-order valence-electron chi connectivity index (χ1n) is 11.5. The van der Waals surface area contributed by atoms with Gasteiger partial charge in [-0.25, -0.2) is 4.79 Å². The fourth-order valence-corrected chi connectivity index (χ4v) is 3.66. The van der Waals surface area contributed by atoms with Crippen molar-refractivity contribution in [2.45, 2.75) is 26.0 Å². The van der Waals surface area contributed by atoms with Gasteiger partial charge in [0.1, 0.15) is 18.1 Å². The summed E-state index contributed by atoms with van der Waals surface area (Å²) in [6, 6.07) is 24.5. The molecule has 0 aliphatic carbocycles. The monoisotopic (exact) mass is 459 g/mol. The van der Waals surface area contributed by atoms with E-state index in [2.05, 4.69) is 10.6 Å². The quantitative estimate of drug-likeness (QED) is 0.491. The largest absolute Gasteiger partial charge is 0.489 e. The van der Waals surface area contributed by atoms with Gasteiger partial charge in [-0.3, -0.25) is 4.79 Å². The van der Waals surface area contributed by atoms with Gasteiger partial charge in [0, 0.05) is 25.3 Å². The standard InChI is InChI=1S/C27H29N3O4/c31-26(20-34-25-13-11-24(12-14-25)33-19-21-7-2-1-3-8-21)28-18-22-9-6-10-23(17-22)29-27(32)30-15-4-5-16-30/h1-3,6-14,17H,4-5,15-16,18-20H2,(H,28,31)(H,29,32). The molecule has 1 fully saturated rings. The third-order valence-electron chi connectivity index (χ3n) is 5.50. The van der Waals surface area contributed by atoms with Gasteiger partial charge in [-0.05, 0) is 60.4 Å². The molecule has 4 rings (SSSR count). The minimum atomic E-state index is -0.226. The third-order valence-corrected chi connectivity index (χ3v) is 5.50. The first kappa shape index (κ1) is 23.2. The number of nitrogens with one attached hydrogen (secondary N) is 2. The van der Waals surface area contributed by atoms with Crippen molar-refractivity contribution in [3.8, 4) is 11.5 Å². The Morgan fingerprint density at radius 3 is 2.21 bits per heavy atom. The number of hydrogen-bond acceptors (Lipinski definition) is 4. The van der Waals surface area contributed by atoms with Gasteiger partial charge in [0.2, 0.25) is 0 Å². The highest BCUT2D eigenvalue weighted by atomic mass is 16.5. The molecule has 1 heterocycles. The highest BCUT2D eigenvalue weighted by Gasteiger charge is 2.17. The summed E-state index contributed by atoms with van der Waals surface area (Å²) in [5.74, 6) is 1.10. The first-order valence-corrected chi connectivity index (χ1v) is 11.5. The lowest BCUT2D eigenvalue weighted by atomic mass is 10.2. The van der Waals surface area contributed by atoms with Crippen LogP contribution in [0.3, 0.4) is 0 Å². The fourth-order valence-electron chi connectivity index (χ4n) is 3.66. The topological polar surface area (TPSA) is 79.9 Å². The lowest BCUT2D eigenvalue weighted by Crippen LogP contribution is -2.32. The molecule has 1 aliphatic heterocycles. The number of anilines is 1. The Bertz CT molecular complexity index is 1080. The van der Waals surface area contributed by atoms with Crippen molar-refractivity contribution in [1.29, 1.82) is 0 Å². The highest BCUT2D eigenvalue weighted by molar-refractivity contribution is 5.89. The number of nitrogens with zero attached hydrogens (tertiary/aromatic N) is 1. The highest BCUT2D eigenvalue weighted by Crippen LogP contribution is 2.19. The van der Waals surface area contributed by atoms with Gasteiger partial charge in [0.05, 0.1) is 0 Å². The van der Waals surface area contributed by atoms with Crippen molar-refractivity contribution in [2.75, 3.05) is 25.0 Å². The van der Waals surface area contributed by atoms with E-state index in [-0.39, 0.29) is 18.5 Å². The second-order valence-corrected chi connectivity index (χ2v) is 8.14. The van der Waals surface area contributed by atoms with E-state index < -0.39 is 0 Å². The maximum atomic E-state index is 12.3. The molecule has 0 radical (unpaired) electrons. The van der Waals surface area contributed by atoms with Crippen molar-refractivity contribution < 1.29 is 19.1 Å². The summed E-state index contributed by atoms with van der Waals surface area (Å²) >= 11 is 0. The summed E-state index contributed by atoms with van der Waals surface area (Å²) in [5.41, 5.74) is 2.71. The zero-order chi connectivity index (χ0) is 23.6. The molecule has 0 unspecified atom stereocenters. The van der Waals surface area contributed by atoms with Gasteiger partial charge < -0.3 is 25.0 Å². The van der Waals surface area contributed by atoms with E-state index in [4.69, 9.17) is 9.47 Å². The Hall–Kier alpha value is -4.00. The Morgan fingerprint density at radius 2 is 1.47 bits per heavy atom. The van der Waals surface area contributed by atoms with Gasteiger partial charge >= 0.3 is 6.03 Å². The number of hydrogen-bond donors (Lipinski definition) is 2. The van der Waals surface area contributed by atoms with E-state index in [1.54, 1.807) is 12.1 Å². The summed E-state index contributed by atoms with van der Waals surface area (Å²) in [6.07, 6.45) is 2.10. The van der Waals surface area contributed by atoms with E-state index in [1.807, 2.05) is 71.6 Å². The molecule has 3 aromatic rings. The molecule has 0 bridgehead atoms. The number of urea groups is 1. The molecule has 3 aromatic carbocycles. The summed E-state index contributed by atoms with van der Waals surface area (Å²) in [6.45, 7) is 2.35. The molecule has 1 aliphatic rings. The number of carbonyl (C=O) groups excluding carboxylic acids is 2. The Morgan fingerprint density at radius 1 is 0.794 bits per heavy atom. The van der Waals surface area contributed by atoms with Crippen LogP contribution in [-0.4, -0.2) is 36.5 Å². The fraction of sp³-hybridized carbons (Fsp3) is 0.259. The van der Waals surface area contributed by atoms with E-state index >= 15 is 0 Å². The summed E-state index contributed by atoms with van der Waals surface area (Å²) in [5, 5.41) is 5.76. The summed E-state index contributed by atoms with van der Waals surface area (Å²) < 4.78 is 11.3. The Labute approximate surface area is 199 Å². The molecule has 176 valence electrons. The lowest BCUT2D eigenvalue weighted by molar-refractivity contribution is -0.123. The molecular formula is C27H29N3O4. The average molecular weight is 460 g/mol. The number of ether oxygens (including phenoxy) is 2. The second-order valence-electron chi connectivity index (χ2n) is 8.14. The number of rotatable bonds is 9. The molecule has 7 heteroatoms. The van der Waals surface area contributed by atoms with Crippen LogP contribution in [0, 0.1) is 0 Å². The number of likely N-dealkylation sites (tertiary alicyclic amines) is 1. The SMILES string of the molecule is O=C(COc1ccc(OCc2ccccc2)cc1)NCc1cccc(NC(=O)N2CCCC2)c1. The van der Waals surface area contributed by atoms with Gasteiger partial charge in [-0.15, -0.1) is 0 Å². The summed E-state index contributed by atoms with van der Waals surface area (Å²) in [4.78, 5) is 26.3. The average Bonchev–Trinajstić information content (AvgIpc) is 3.42. The molecule has 0 spiro atoms. The van der Waals surface area contributed by atoms with Crippen molar-refractivity contribution in [3.05, 3.63) is 90.0 Å². The van der Waals surface area contributed by atoms with Crippen LogP contribution >= 0.6 is 0 Å². The number of carbonyl (C=O) groups is 2. The summed E-state index contributed by atoms with van der Waals surface area (Å²) in [7, 11) is 0. The van der Waals surface area contributed by atoms with E-state index in [0.717, 1.165) is 48.5 Å². The van der Waals surface area contributed by atoms with Crippen LogP contribution in [0.15, 0.2) is 78.9 Å². The zero-order valence-electron chi connectivity index (χ0n) is 19.0. The Balaban J connectivity index is 1.18. The lowest BCUT2D eigenvalue weighted by Gasteiger charge is -2.16. The van der Waals surface area contributed by atoms with Crippen molar-refractivity contribution in [3.63, 3.8) is 0 Å². The van der Waals surface area contributed by atoms with Gasteiger partial charge in [-0.1, -0.05) is 42.5 Å². The van der Waals surface area contributed by atoms with Crippen molar-refractivity contribution in [1.82, 2.24) is 10.2 Å². The zero-order valence-corrected chi connectivity index (χ0v) is 19.0. The molecule has 0 aromatic heterocycles. The van der Waals surface area contributed by atoms with E-state index in [9.17, 15) is 9.59 Å². The number of benzene rings is 3. The van der Waals surface area contributed by atoms with Gasteiger partial charge in [0.15, 0.2) is 6.61 Å². The second kappa shape index (κ2) is 11.7. The van der Waals surface area contributed by atoms with Crippen LogP contribution in [0.1, 0.15) is 24.0 Å². The molecule has 2 N–H and O–H groups in total. The van der Waals surface area contributed by atoms with Crippen molar-refractivity contribution >= 4 is 17.6 Å². The third kappa shape index (κ3) is 7.00. The Kier molecular flexibility index (Phi) is 8.00. The normalized spacial score (nSPS) is 12.8. The van der Waals surface area contributed by atoms with Crippen molar-refractivity contribution in [2.24, 2.45) is 0 Å². The van der Waals surface area contributed by atoms with Gasteiger partial charge in [-0.2, -0.15) is 0 Å². The maximum Gasteiger partial charge on any atom is 0.321 e. The minimum Gasteiger partial charge on any atom is -0.489 e. The van der Waals surface area contributed by atoms with Crippen LogP contribution in [0.5, 0.6) is 11.5 Å². The molecule has 34 heavy (non-hydrogen) atoms. The van der Waals surface area contributed by atoms with Gasteiger partial charge in [0.25, 0.3) is 5.91 Å². The smallest absolute Gasteiger partial charge is 0.321 e. The van der Waals surface area contributed by atoms with E-state index in [0.29, 0.717) is 18.9 Å². The van der Waals surface area contributed by atoms with Crippen LogP contribution < -0.4 is 20.1 Å². The molecular weight excluding hydrogens is 430 g/mol. The molecule has 0 atom stereocenters. The minimum absolute atomic E-state index is 0.0800. The predicted octanol–water partition coefficient (Wildman–Crippen LogP) is 4.59. The van der Waals surface area contributed by atoms with Crippen LogP contribution in [0.25, 0.3) is 0 Å². The predicted molar refractivity (Wildman–Crippen MR) is 131 cm³/mol. The maximum absolute atomic E-state index is 12.3. The molecule has 0 saturated carbocycles. The van der Waals surface area contributed by atoms with Crippen LogP contribution in [-0.2, 0) is 17.9 Å². The first-order chi connectivity index (χ1) is 16.7.